The van der Waals surface area contributed by atoms with Gasteiger partial charge >= 0.3 is 6.03 Å². The molecule has 13 heavy (non-hydrogen) atoms. The molecule has 0 spiro atoms. The molecular formula is C8H15ClN2O2. The fourth-order valence-corrected chi connectivity index (χ4v) is 1.03. The van der Waals surface area contributed by atoms with Crippen LogP contribution in [0.25, 0.3) is 0 Å². The molecule has 5 heteroatoms. The van der Waals surface area contributed by atoms with Gasteiger partial charge in [0.2, 0.25) is 5.91 Å². The second kappa shape index (κ2) is 5.80. The van der Waals surface area contributed by atoms with Gasteiger partial charge in [0.15, 0.2) is 0 Å². The SMILES string of the molecule is CCN(C(=O)NC(=O)CCl)C(C)C. The molecule has 0 fully saturated rings. The zero-order valence-corrected chi connectivity index (χ0v) is 8.89. The van der Waals surface area contributed by atoms with E-state index in [9.17, 15) is 9.59 Å². The lowest BCUT2D eigenvalue weighted by Crippen LogP contribution is -2.46. The highest BCUT2D eigenvalue weighted by Gasteiger charge is 2.16. The van der Waals surface area contributed by atoms with Crippen LogP contribution in [0.5, 0.6) is 0 Å². The minimum atomic E-state index is -0.467. The van der Waals surface area contributed by atoms with E-state index in [-0.39, 0.29) is 18.0 Å². The van der Waals surface area contributed by atoms with Crippen LogP contribution in [0, 0.1) is 0 Å². The number of nitrogens with zero attached hydrogens (tertiary/aromatic N) is 1. The van der Waals surface area contributed by atoms with Crippen molar-refractivity contribution in [3.8, 4) is 0 Å². The monoisotopic (exact) mass is 206 g/mol. The van der Waals surface area contributed by atoms with Crippen LogP contribution in [0.2, 0.25) is 0 Å². The number of urea groups is 1. The maximum Gasteiger partial charge on any atom is 0.324 e. The third kappa shape index (κ3) is 4.12. The van der Waals surface area contributed by atoms with Crippen molar-refractivity contribution in [2.75, 3.05) is 12.4 Å². The summed E-state index contributed by atoms with van der Waals surface area (Å²) in [7, 11) is 0. The molecule has 0 atom stereocenters. The summed E-state index contributed by atoms with van der Waals surface area (Å²) in [6.07, 6.45) is 0. The molecule has 0 heterocycles. The van der Waals surface area contributed by atoms with E-state index >= 15 is 0 Å². The van der Waals surface area contributed by atoms with E-state index in [0.29, 0.717) is 6.54 Å². The first-order chi connectivity index (χ1) is 6.02. The van der Waals surface area contributed by atoms with Crippen LogP contribution >= 0.6 is 11.6 Å². The molecule has 76 valence electrons. The number of hydrogen-bond acceptors (Lipinski definition) is 2. The molecule has 0 bridgehead atoms. The lowest BCUT2D eigenvalue weighted by molar-refractivity contribution is -0.117. The molecule has 0 aromatic rings. The van der Waals surface area contributed by atoms with E-state index in [2.05, 4.69) is 5.32 Å². The number of alkyl halides is 1. The van der Waals surface area contributed by atoms with E-state index in [4.69, 9.17) is 11.6 Å². The normalized spacial score (nSPS) is 9.92. The number of rotatable bonds is 3. The van der Waals surface area contributed by atoms with Crippen molar-refractivity contribution >= 4 is 23.5 Å². The molecule has 0 radical (unpaired) electrons. The second-order valence-corrected chi connectivity index (χ2v) is 3.13. The Labute approximate surface area is 83.2 Å². The van der Waals surface area contributed by atoms with Gasteiger partial charge in [0.25, 0.3) is 0 Å². The molecular weight excluding hydrogens is 192 g/mol. The molecule has 0 aromatic carbocycles. The molecule has 1 N–H and O–H groups in total. The Kier molecular flexibility index (Phi) is 5.46. The van der Waals surface area contributed by atoms with E-state index in [0.717, 1.165) is 0 Å². The topological polar surface area (TPSA) is 49.4 Å². The average Bonchev–Trinajstić information content (AvgIpc) is 2.04. The van der Waals surface area contributed by atoms with Gasteiger partial charge in [-0.05, 0) is 20.8 Å². The van der Waals surface area contributed by atoms with Crippen molar-refractivity contribution in [1.82, 2.24) is 10.2 Å². The molecule has 3 amide bonds. The Morgan fingerprint density at radius 2 is 2.00 bits per heavy atom. The number of hydrogen-bond donors (Lipinski definition) is 1. The third-order valence-electron chi connectivity index (χ3n) is 1.59. The number of amides is 3. The maximum atomic E-state index is 11.3. The summed E-state index contributed by atoms with van der Waals surface area (Å²) in [6, 6.07) is -0.309. The Morgan fingerprint density at radius 1 is 1.46 bits per heavy atom. The Bertz CT molecular complexity index is 195. The van der Waals surface area contributed by atoms with Gasteiger partial charge < -0.3 is 4.90 Å². The summed E-state index contributed by atoms with van der Waals surface area (Å²) < 4.78 is 0. The number of nitrogens with one attached hydrogen (secondary N) is 1. The van der Waals surface area contributed by atoms with Gasteiger partial charge in [-0.1, -0.05) is 0 Å². The van der Waals surface area contributed by atoms with Crippen molar-refractivity contribution in [3.63, 3.8) is 0 Å². The molecule has 0 aliphatic heterocycles. The zero-order chi connectivity index (χ0) is 10.4. The van der Waals surface area contributed by atoms with Crippen LogP contribution in [-0.4, -0.2) is 35.3 Å². The second-order valence-electron chi connectivity index (χ2n) is 2.87. The van der Waals surface area contributed by atoms with Crippen molar-refractivity contribution in [2.24, 2.45) is 0 Å². The van der Waals surface area contributed by atoms with Gasteiger partial charge in [-0.2, -0.15) is 0 Å². The highest BCUT2D eigenvalue weighted by Crippen LogP contribution is 1.97. The van der Waals surface area contributed by atoms with Crippen LogP contribution in [0.15, 0.2) is 0 Å². The van der Waals surface area contributed by atoms with Crippen molar-refractivity contribution in [3.05, 3.63) is 0 Å². The number of carbonyl (C=O) groups is 2. The molecule has 0 saturated heterocycles. The standard InChI is InChI=1S/C8H15ClN2O2/c1-4-11(6(2)3)8(13)10-7(12)5-9/h6H,4-5H2,1-3H3,(H,10,12,13). The number of halogens is 1. The van der Waals surface area contributed by atoms with Gasteiger partial charge in [-0.3, -0.25) is 10.1 Å². The predicted molar refractivity (Wildman–Crippen MR) is 51.8 cm³/mol. The molecule has 0 aliphatic carbocycles. The minimum Gasteiger partial charge on any atom is -0.322 e. The van der Waals surface area contributed by atoms with Crippen molar-refractivity contribution in [1.29, 1.82) is 0 Å². The minimum absolute atomic E-state index is 0.0770. The van der Waals surface area contributed by atoms with Crippen molar-refractivity contribution < 1.29 is 9.59 Å². The molecule has 0 aliphatic rings. The highest BCUT2D eigenvalue weighted by molar-refractivity contribution is 6.28. The first kappa shape index (κ1) is 12.2. The number of imide groups is 1. The van der Waals surface area contributed by atoms with Crippen LogP contribution < -0.4 is 5.32 Å². The first-order valence-electron chi connectivity index (χ1n) is 4.19. The van der Waals surface area contributed by atoms with Crippen LogP contribution in [0.4, 0.5) is 4.79 Å². The largest absolute Gasteiger partial charge is 0.324 e. The summed E-state index contributed by atoms with van der Waals surface area (Å²) in [4.78, 5) is 23.6. The lowest BCUT2D eigenvalue weighted by atomic mass is 10.3. The quantitative estimate of drug-likeness (QED) is 0.706. The molecule has 0 aromatic heterocycles. The Morgan fingerprint density at radius 3 is 2.31 bits per heavy atom. The fourth-order valence-electron chi connectivity index (χ4n) is 0.968. The Balaban J connectivity index is 4.14. The van der Waals surface area contributed by atoms with Crippen LogP contribution in [0.3, 0.4) is 0 Å². The highest BCUT2D eigenvalue weighted by atomic mass is 35.5. The van der Waals surface area contributed by atoms with Gasteiger partial charge in [-0.15, -0.1) is 11.6 Å². The summed E-state index contributed by atoms with van der Waals surface area (Å²) in [5.41, 5.74) is 0. The van der Waals surface area contributed by atoms with E-state index in [1.165, 1.54) is 0 Å². The zero-order valence-electron chi connectivity index (χ0n) is 8.13. The third-order valence-corrected chi connectivity index (χ3v) is 1.84. The summed E-state index contributed by atoms with van der Waals surface area (Å²) in [6.45, 7) is 6.19. The van der Waals surface area contributed by atoms with E-state index in [1.807, 2.05) is 20.8 Å². The summed E-state index contributed by atoms with van der Waals surface area (Å²) in [5.74, 6) is -0.660. The summed E-state index contributed by atoms with van der Waals surface area (Å²) >= 11 is 5.24. The smallest absolute Gasteiger partial charge is 0.322 e. The molecule has 4 nitrogen and oxygen atoms in total. The van der Waals surface area contributed by atoms with Crippen LogP contribution in [0.1, 0.15) is 20.8 Å². The summed E-state index contributed by atoms with van der Waals surface area (Å²) in [5, 5.41) is 2.18. The molecule has 0 unspecified atom stereocenters. The lowest BCUT2D eigenvalue weighted by Gasteiger charge is -2.24. The average molecular weight is 207 g/mol. The Hall–Kier alpha value is -0.770. The molecule has 0 rings (SSSR count). The van der Waals surface area contributed by atoms with Gasteiger partial charge in [0.1, 0.15) is 5.88 Å². The van der Waals surface area contributed by atoms with Crippen molar-refractivity contribution in [2.45, 2.75) is 26.8 Å². The van der Waals surface area contributed by atoms with Gasteiger partial charge in [-0.25, -0.2) is 4.79 Å². The van der Waals surface area contributed by atoms with E-state index in [1.54, 1.807) is 4.90 Å². The maximum absolute atomic E-state index is 11.3. The molecule has 0 saturated carbocycles. The first-order valence-corrected chi connectivity index (χ1v) is 4.72. The van der Waals surface area contributed by atoms with Gasteiger partial charge in [0.05, 0.1) is 0 Å². The predicted octanol–water partition coefficient (Wildman–Crippen LogP) is 1.19. The van der Waals surface area contributed by atoms with Crippen LogP contribution in [-0.2, 0) is 4.79 Å². The number of carbonyl (C=O) groups excluding carboxylic acids is 2. The van der Waals surface area contributed by atoms with Gasteiger partial charge in [0, 0.05) is 12.6 Å². The fraction of sp³-hybridized carbons (Fsp3) is 0.750. The van der Waals surface area contributed by atoms with E-state index < -0.39 is 5.91 Å².